The van der Waals surface area contributed by atoms with Crippen molar-refractivity contribution in [3.63, 3.8) is 0 Å². The van der Waals surface area contributed by atoms with E-state index in [0.717, 1.165) is 22.9 Å². The molecule has 0 saturated carbocycles. The second kappa shape index (κ2) is 10.9. The van der Waals surface area contributed by atoms with E-state index in [9.17, 15) is 4.79 Å². The Labute approximate surface area is 187 Å². The summed E-state index contributed by atoms with van der Waals surface area (Å²) in [5.41, 5.74) is 1.07. The Hall–Kier alpha value is -3.00. The summed E-state index contributed by atoms with van der Waals surface area (Å²) in [5.74, 6) is 2.44. The molecule has 8 heteroatoms. The summed E-state index contributed by atoms with van der Waals surface area (Å²) in [7, 11) is 1.63. The standard InChI is InChI=1S/C23H28N4O3S/c1-16(2)27-22(17(3)30-20-12-10-19(29-4)11-13-20)25-26-23(27)31-15-21(28)24-14-18-8-6-5-7-9-18/h5-13,16-17H,14-15H2,1-4H3,(H,24,28). The lowest BCUT2D eigenvalue weighted by Gasteiger charge is -2.19. The summed E-state index contributed by atoms with van der Waals surface area (Å²) in [6, 6.07) is 17.4. The molecule has 3 aromatic rings. The lowest BCUT2D eigenvalue weighted by molar-refractivity contribution is -0.118. The Morgan fingerprint density at radius 1 is 1.03 bits per heavy atom. The number of amides is 1. The number of methoxy groups -OCH3 is 1. The van der Waals surface area contributed by atoms with Gasteiger partial charge in [-0.15, -0.1) is 10.2 Å². The van der Waals surface area contributed by atoms with E-state index in [0.29, 0.717) is 11.7 Å². The van der Waals surface area contributed by atoms with Gasteiger partial charge in [0.05, 0.1) is 12.9 Å². The van der Waals surface area contributed by atoms with Crippen LogP contribution in [0.4, 0.5) is 0 Å². The molecule has 1 amide bonds. The van der Waals surface area contributed by atoms with Crippen LogP contribution in [0.3, 0.4) is 0 Å². The average molecular weight is 441 g/mol. The van der Waals surface area contributed by atoms with Gasteiger partial charge in [0.2, 0.25) is 5.91 Å². The number of rotatable bonds is 10. The molecule has 3 rings (SSSR count). The molecule has 0 aliphatic heterocycles. The number of carbonyl (C=O) groups is 1. The zero-order valence-corrected chi connectivity index (χ0v) is 19.1. The number of carbonyl (C=O) groups excluding carboxylic acids is 1. The van der Waals surface area contributed by atoms with Crippen LogP contribution in [-0.4, -0.2) is 33.5 Å². The lowest BCUT2D eigenvalue weighted by Crippen LogP contribution is -2.24. The van der Waals surface area contributed by atoms with Crippen LogP contribution in [0.5, 0.6) is 11.5 Å². The highest BCUT2D eigenvalue weighted by atomic mass is 32.2. The molecule has 0 aliphatic carbocycles. The number of hydrogen-bond donors (Lipinski definition) is 1. The number of thioether (sulfide) groups is 1. The molecule has 0 spiro atoms. The molecule has 1 heterocycles. The first-order valence-corrected chi connectivity index (χ1v) is 11.2. The van der Waals surface area contributed by atoms with Crippen LogP contribution in [0.2, 0.25) is 0 Å². The van der Waals surface area contributed by atoms with Gasteiger partial charge in [-0.05, 0) is 50.6 Å². The van der Waals surface area contributed by atoms with Gasteiger partial charge in [-0.3, -0.25) is 4.79 Å². The van der Waals surface area contributed by atoms with Gasteiger partial charge < -0.3 is 19.4 Å². The Morgan fingerprint density at radius 2 is 1.71 bits per heavy atom. The highest BCUT2D eigenvalue weighted by Crippen LogP contribution is 2.28. The van der Waals surface area contributed by atoms with Crippen molar-refractivity contribution in [2.75, 3.05) is 12.9 Å². The second-order valence-corrected chi connectivity index (χ2v) is 8.23. The maximum absolute atomic E-state index is 12.3. The summed E-state index contributed by atoms with van der Waals surface area (Å²) in [6.07, 6.45) is -0.301. The molecule has 0 radical (unpaired) electrons. The van der Waals surface area contributed by atoms with Crippen molar-refractivity contribution in [1.82, 2.24) is 20.1 Å². The van der Waals surface area contributed by atoms with Crippen molar-refractivity contribution in [2.24, 2.45) is 0 Å². The third-order valence-corrected chi connectivity index (χ3v) is 5.55. The monoisotopic (exact) mass is 440 g/mol. The van der Waals surface area contributed by atoms with E-state index in [1.807, 2.05) is 66.1 Å². The zero-order chi connectivity index (χ0) is 22.2. The van der Waals surface area contributed by atoms with E-state index in [-0.39, 0.29) is 23.8 Å². The van der Waals surface area contributed by atoms with Gasteiger partial charge in [-0.25, -0.2) is 0 Å². The fraction of sp³-hybridized carbons (Fsp3) is 0.348. The smallest absolute Gasteiger partial charge is 0.230 e. The van der Waals surface area contributed by atoms with Crippen molar-refractivity contribution >= 4 is 17.7 Å². The van der Waals surface area contributed by atoms with Crippen LogP contribution in [0, 0.1) is 0 Å². The van der Waals surface area contributed by atoms with Crippen LogP contribution < -0.4 is 14.8 Å². The van der Waals surface area contributed by atoms with Crippen molar-refractivity contribution in [1.29, 1.82) is 0 Å². The number of nitrogens with zero attached hydrogens (tertiary/aromatic N) is 3. The molecule has 0 aliphatic rings. The third kappa shape index (κ3) is 6.24. The molecule has 1 atom stereocenters. The quantitative estimate of drug-likeness (QED) is 0.470. The van der Waals surface area contributed by atoms with Crippen LogP contribution in [0.15, 0.2) is 59.8 Å². The van der Waals surface area contributed by atoms with Crippen LogP contribution in [0.25, 0.3) is 0 Å². The number of ether oxygens (including phenoxy) is 2. The molecule has 0 saturated heterocycles. The van der Waals surface area contributed by atoms with E-state index in [4.69, 9.17) is 9.47 Å². The summed E-state index contributed by atoms with van der Waals surface area (Å²) < 4.78 is 13.3. The Balaban J connectivity index is 1.61. The molecular formula is C23H28N4O3S. The molecule has 7 nitrogen and oxygen atoms in total. The fourth-order valence-electron chi connectivity index (χ4n) is 3.04. The molecule has 164 valence electrons. The zero-order valence-electron chi connectivity index (χ0n) is 18.2. The summed E-state index contributed by atoms with van der Waals surface area (Å²) >= 11 is 1.37. The van der Waals surface area contributed by atoms with Gasteiger partial charge in [0.15, 0.2) is 17.1 Å². The largest absolute Gasteiger partial charge is 0.497 e. The SMILES string of the molecule is COc1ccc(OC(C)c2nnc(SCC(=O)NCc3ccccc3)n2C(C)C)cc1. The Morgan fingerprint density at radius 3 is 2.35 bits per heavy atom. The maximum Gasteiger partial charge on any atom is 0.230 e. The third-order valence-electron chi connectivity index (χ3n) is 4.61. The van der Waals surface area contributed by atoms with Crippen molar-refractivity contribution < 1.29 is 14.3 Å². The molecule has 31 heavy (non-hydrogen) atoms. The Bertz CT molecular complexity index is 974. The molecular weight excluding hydrogens is 412 g/mol. The molecule has 1 unspecified atom stereocenters. The van der Waals surface area contributed by atoms with Crippen LogP contribution in [-0.2, 0) is 11.3 Å². The minimum Gasteiger partial charge on any atom is -0.497 e. The normalized spacial score (nSPS) is 11.9. The first kappa shape index (κ1) is 22.7. The minimum absolute atomic E-state index is 0.0451. The van der Waals surface area contributed by atoms with Gasteiger partial charge in [-0.1, -0.05) is 42.1 Å². The van der Waals surface area contributed by atoms with E-state index >= 15 is 0 Å². The van der Waals surface area contributed by atoms with Gasteiger partial charge in [0.25, 0.3) is 0 Å². The summed E-state index contributed by atoms with van der Waals surface area (Å²) in [5, 5.41) is 12.3. The van der Waals surface area contributed by atoms with E-state index < -0.39 is 0 Å². The lowest BCUT2D eigenvalue weighted by atomic mass is 10.2. The average Bonchev–Trinajstić information content (AvgIpc) is 3.22. The highest BCUT2D eigenvalue weighted by Gasteiger charge is 2.22. The first-order valence-electron chi connectivity index (χ1n) is 10.2. The number of nitrogens with one attached hydrogen (secondary N) is 1. The molecule has 2 aromatic carbocycles. The predicted molar refractivity (Wildman–Crippen MR) is 121 cm³/mol. The second-order valence-electron chi connectivity index (χ2n) is 7.29. The number of hydrogen-bond acceptors (Lipinski definition) is 6. The van der Waals surface area contributed by atoms with Gasteiger partial charge >= 0.3 is 0 Å². The van der Waals surface area contributed by atoms with E-state index in [1.54, 1.807) is 7.11 Å². The summed E-state index contributed by atoms with van der Waals surface area (Å²) in [6.45, 7) is 6.57. The molecule has 0 fully saturated rings. The number of benzene rings is 2. The highest BCUT2D eigenvalue weighted by molar-refractivity contribution is 7.99. The minimum atomic E-state index is -0.301. The Kier molecular flexibility index (Phi) is 7.94. The molecule has 1 aromatic heterocycles. The predicted octanol–water partition coefficient (Wildman–Crippen LogP) is 4.42. The molecule has 1 N–H and O–H groups in total. The van der Waals surface area contributed by atoms with E-state index in [1.165, 1.54) is 11.8 Å². The maximum atomic E-state index is 12.3. The van der Waals surface area contributed by atoms with Gasteiger partial charge in [0, 0.05) is 12.6 Å². The summed E-state index contributed by atoms with van der Waals surface area (Å²) in [4.78, 5) is 12.3. The van der Waals surface area contributed by atoms with E-state index in [2.05, 4.69) is 29.4 Å². The van der Waals surface area contributed by atoms with Gasteiger partial charge in [-0.2, -0.15) is 0 Å². The topological polar surface area (TPSA) is 78.3 Å². The van der Waals surface area contributed by atoms with Crippen molar-refractivity contribution in [3.05, 3.63) is 66.0 Å². The molecule has 0 bridgehead atoms. The van der Waals surface area contributed by atoms with Crippen molar-refractivity contribution in [3.8, 4) is 11.5 Å². The van der Waals surface area contributed by atoms with Crippen LogP contribution >= 0.6 is 11.8 Å². The number of aromatic nitrogens is 3. The fourth-order valence-corrected chi connectivity index (χ4v) is 3.94. The van der Waals surface area contributed by atoms with Gasteiger partial charge in [0.1, 0.15) is 11.5 Å². The first-order chi connectivity index (χ1) is 15.0. The van der Waals surface area contributed by atoms with Crippen molar-refractivity contribution in [2.45, 2.75) is 44.6 Å². The van der Waals surface area contributed by atoms with Crippen LogP contribution in [0.1, 0.15) is 44.3 Å².